The number of ether oxygens (including phenoxy) is 3. The second-order valence-electron chi connectivity index (χ2n) is 7.31. The fourth-order valence-electron chi connectivity index (χ4n) is 3.91. The van der Waals surface area contributed by atoms with Crippen LogP contribution in [0.25, 0.3) is 0 Å². The molecule has 1 unspecified atom stereocenters. The number of methoxy groups -OCH3 is 3. The third-order valence-electron chi connectivity index (χ3n) is 5.52. The van der Waals surface area contributed by atoms with E-state index >= 15 is 0 Å². The summed E-state index contributed by atoms with van der Waals surface area (Å²) < 4.78 is 16.0. The molecule has 1 aliphatic heterocycles. The van der Waals surface area contributed by atoms with Gasteiger partial charge in [0, 0.05) is 26.7 Å². The van der Waals surface area contributed by atoms with Gasteiger partial charge in [-0.2, -0.15) is 0 Å². The molecule has 0 aliphatic carbocycles. The van der Waals surface area contributed by atoms with Crippen molar-refractivity contribution in [3.8, 4) is 11.5 Å². The lowest BCUT2D eigenvalue weighted by Crippen LogP contribution is -2.42. The van der Waals surface area contributed by atoms with E-state index in [9.17, 15) is 4.79 Å². The number of nitrogens with one attached hydrogen (secondary N) is 1. The molecule has 2 aromatic carbocycles. The fourth-order valence-corrected chi connectivity index (χ4v) is 3.91. The molecule has 1 atom stereocenters. The summed E-state index contributed by atoms with van der Waals surface area (Å²) in [6.07, 6.45) is 0.921. The summed E-state index contributed by atoms with van der Waals surface area (Å²) in [6.45, 7) is 4.43. The van der Waals surface area contributed by atoms with Crippen LogP contribution < -0.4 is 14.8 Å². The highest BCUT2D eigenvalue weighted by molar-refractivity contribution is 5.77. The Hall–Kier alpha value is -2.57. The summed E-state index contributed by atoms with van der Waals surface area (Å²) in [7, 11) is 4.82. The van der Waals surface area contributed by atoms with E-state index in [-0.39, 0.29) is 18.6 Å². The lowest BCUT2D eigenvalue weighted by Gasteiger charge is -2.38. The smallest absolute Gasteiger partial charge is 0.246 e. The van der Waals surface area contributed by atoms with Gasteiger partial charge in [0.25, 0.3) is 0 Å². The zero-order valence-electron chi connectivity index (χ0n) is 17.7. The molecular weight excluding hydrogens is 368 g/mol. The maximum absolute atomic E-state index is 12.0. The number of rotatable bonds is 8. The van der Waals surface area contributed by atoms with Crippen LogP contribution in [0.15, 0.2) is 36.4 Å². The van der Waals surface area contributed by atoms with Crippen molar-refractivity contribution < 1.29 is 19.0 Å². The molecule has 0 radical (unpaired) electrons. The Morgan fingerprint density at radius 3 is 2.55 bits per heavy atom. The van der Waals surface area contributed by atoms with E-state index in [4.69, 9.17) is 14.2 Å². The number of hydrogen-bond acceptors (Lipinski definition) is 5. The first-order chi connectivity index (χ1) is 14.1. The molecule has 1 N–H and O–H groups in total. The van der Waals surface area contributed by atoms with Gasteiger partial charge in [-0.05, 0) is 47.7 Å². The van der Waals surface area contributed by atoms with E-state index in [2.05, 4.69) is 47.5 Å². The molecule has 1 amide bonds. The lowest BCUT2D eigenvalue weighted by atomic mass is 9.91. The fraction of sp³-hybridized carbons (Fsp3) is 0.435. The highest BCUT2D eigenvalue weighted by atomic mass is 16.5. The molecule has 2 aromatic rings. The second kappa shape index (κ2) is 9.76. The largest absolute Gasteiger partial charge is 0.493 e. The van der Waals surface area contributed by atoms with Crippen molar-refractivity contribution in [2.75, 3.05) is 41.0 Å². The van der Waals surface area contributed by atoms with Crippen LogP contribution in [0.2, 0.25) is 0 Å². The molecule has 0 saturated heterocycles. The quantitative estimate of drug-likeness (QED) is 0.741. The highest BCUT2D eigenvalue weighted by Gasteiger charge is 2.29. The maximum atomic E-state index is 12.0. The van der Waals surface area contributed by atoms with E-state index in [1.165, 1.54) is 29.4 Å². The second-order valence-corrected chi connectivity index (χ2v) is 7.31. The molecule has 0 aromatic heterocycles. The number of carbonyl (C=O) groups excluding carboxylic acids is 1. The number of carbonyl (C=O) groups is 1. The summed E-state index contributed by atoms with van der Waals surface area (Å²) in [5, 5.41) is 3.01. The van der Waals surface area contributed by atoms with Gasteiger partial charge >= 0.3 is 0 Å². The van der Waals surface area contributed by atoms with Gasteiger partial charge in [-0.15, -0.1) is 0 Å². The maximum Gasteiger partial charge on any atom is 0.246 e. The number of nitrogens with zero attached hydrogens (tertiary/aromatic N) is 1. The van der Waals surface area contributed by atoms with Gasteiger partial charge < -0.3 is 19.5 Å². The van der Waals surface area contributed by atoms with Crippen molar-refractivity contribution in [2.45, 2.75) is 25.9 Å². The van der Waals surface area contributed by atoms with E-state index in [0.29, 0.717) is 12.3 Å². The zero-order chi connectivity index (χ0) is 20.8. The van der Waals surface area contributed by atoms with Crippen molar-refractivity contribution in [1.82, 2.24) is 10.2 Å². The predicted octanol–water partition coefficient (Wildman–Crippen LogP) is 2.87. The van der Waals surface area contributed by atoms with E-state index in [1.807, 2.05) is 6.07 Å². The Balaban J connectivity index is 1.92. The average Bonchev–Trinajstić information content (AvgIpc) is 2.73. The van der Waals surface area contributed by atoms with Gasteiger partial charge in [0.05, 0.1) is 20.3 Å². The Morgan fingerprint density at radius 1 is 1.14 bits per heavy atom. The number of fused-ring (bicyclic) bond motifs is 1. The SMILES string of the molecule is COCC(=O)NCC1c2cc(OC)c(OC)cc2CCN1Cc1ccccc1C. The van der Waals surface area contributed by atoms with Gasteiger partial charge in [-0.25, -0.2) is 0 Å². The number of amides is 1. The van der Waals surface area contributed by atoms with E-state index < -0.39 is 0 Å². The normalized spacial score (nSPS) is 16.2. The van der Waals surface area contributed by atoms with Gasteiger partial charge in [-0.1, -0.05) is 24.3 Å². The molecule has 0 fully saturated rings. The molecule has 1 heterocycles. The van der Waals surface area contributed by atoms with E-state index in [1.54, 1.807) is 14.2 Å². The summed E-state index contributed by atoms with van der Waals surface area (Å²) in [4.78, 5) is 14.5. The van der Waals surface area contributed by atoms with Crippen LogP contribution in [0.3, 0.4) is 0 Å². The van der Waals surface area contributed by atoms with Crippen molar-refractivity contribution in [1.29, 1.82) is 0 Å². The van der Waals surface area contributed by atoms with Crippen LogP contribution in [0.5, 0.6) is 11.5 Å². The molecular formula is C23H30N2O4. The van der Waals surface area contributed by atoms with Crippen LogP contribution in [-0.2, 0) is 22.5 Å². The minimum absolute atomic E-state index is 0.0407. The minimum atomic E-state index is -0.115. The Bertz CT molecular complexity index is 853. The molecule has 156 valence electrons. The molecule has 6 heteroatoms. The Morgan fingerprint density at radius 2 is 1.86 bits per heavy atom. The van der Waals surface area contributed by atoms with Crippen molar-refractivity contribution in [2.24, 2.45) is 0 Å². The third-order valence-corrected chi connectivity index (χ3v) is 5.52. The summed E-state index contributed by atoms with van der Waals surface area (Å²) in [5.41, 5.74) is 4.97. The first-order valence-corrected chi connectivity index (χ1v) is 9.86. The molecule has 0 saturated carbocycles. The lowest BCUT2D eigenvalue weighted by molar-refractivity contribution is -0.125. The monoisotopic (exact) mass is 398 g/mol. The molecule has 1 aliphatic rings. The van der Waals surface area contributed by atoms with Gasteiger partial charge in [0.15, 0.2) is 11.5 Å². The molecule has 0 bridgehead atoms. The van der Waals surface area contributed by atoms with Crippen molar-refractivity contribution in [3.05, 3.63) is 58.7 Å². The standard InChI is InChI=1S/C23H30N2O4/c1-16-7-5-6-8-18(16)14-25-10-9-17-11-21(28-3)22(29-4)12-19(17)20(25)13-24-23(26)15-27-2/h5-8,11-12,20H,9-10,13-15H2,1-4H3,(H,24,26). The van der Waals surface area contributed by atoms with Crippen LogP contribution in [0.1, 0.15) is 28.3 Å². The first kappa shape index (κ1) is 21.1. The van der Waals surface area contributed by atoms with Gasteiger partial charge in [-0.3, -0.25) is 9.69 Å². The first-order valence-electron chi connectivity index (χ1n) is 9.86. The number of aryl methyl sites for hydroxylation is 1. The Kier molecular flexibility index (Phi) is 7.12. The number of benzene rings is 2. The molecule has 3 rings (SSSR count). The topological polar surface area (TPSA) is 60.0 Å². The summed E-state index contributed by atoms with van der Waals surface area (Å²) in [6, 6.07) is 12.6. The number of hydrogen-bond donors (Lipinski definition) is 1. The zero-order valence-corrected chi connectivity index (χ0v) is 17.7. The van der Waals surface area contributed by atoms with Crippen molar-refractivity contribution in [3.63, 3.8) is 0 Å². The molecule has 0 spiro atoms. The summed E-state index contributed by atoms with van der Waals surface area (Å²) >= 11 is 0. The Labute approximate surface area is 172 Å². The highest BCUT2D eigenvalue weighted by Crippen LogP contribution is 2.38. The van der Waals surface area contributed by atoms with Crippen LogP contribution in [0.4, 0.5) is 0 Å². The average molecular weight is 399 g/mol. The predicted molar refractivity (Wildman–Crippen MR) is 112 cm³/mol. The van der Waals surface area contributed by atoms with Gasteiger partial charge in [0.1, 0.15) is 6.61 Å². The van der Waals surface area contributed by atoms with Crippen LogP contribution in [-0.4, -0.2) is 51.8 Å². The minimum Gasteiger partial charge on any atom is -0.493 e. The van der Waals surface area contributed by atoms with Crippen LogP contribution >= 0.6 is 0 Å². The van der Waals surface area contributed by atoms with E-state index in [0.717, 1.165) is 25.3 Å². The van der Waals surface area contributed by atoms with Gasteiger partial charge in [0.2, 0.25) is 5.91 Å². The van der Waals surface area contributed by atoms with Crippen LogP contribution in [0, 0.1) is 6.92 Å². The molecule has 29 heavy (non-hydrogen) atoms. The van der Waals surface area contributed by atoms with Crippen molar-refractivity contribution >= 4 is 5.91 Å². The third kappa shape index (κ3) is 4.89. The summed E-state index contributed by atoms with van der Waals surface area (Å²) in [5.74, 6) is 1.33. The molecule has 6 nitrogen and oxygen atoms in total.